The number of benzene rings is 2. The lowest BCUT2D eigenvalue weighted by molar-refractivity contribution is -0.137. The molecule has 2 heterocycles. The van der Waals surface area contributed by atoms with Crippen LogP contribution in [0.15, 0.2) is 72.9 Å². The summed E-state index contributed by atoms with van der Waals surface area (Å²) in [5.41, 5.74) is 0.426. The number of nitrogens with zero attached hydrogens (tertiary/aromatic N) is 2. The lowest BCUT2D eigenvalue weighted by Crippen LogP contribution is -2.38. The van der Waals surface area contributed by atoms with Crippen LogP contribution in [-0.2, 0) is 11.0 Å². The first-order chi connectivity index (χ1) is 15.4. The van der Waals surface area contributed by atoms with E-state index in [-0.39, 0.29) is 11.8 Å². The molecule has 4 rings (SSSR count). The third-order valence-corrected chi connectivity index (χ3v) is 5.37. The van der Waals surface area contributed by atoms with E-state index >= 15 is 0 Å². The number of pyridine rings is 1. The van der Waals surface area contributed by atoms with Crippen molar-refractivity contribution in [3.05, 3.63) is 78.5 Å². The van der Waals surface area contributed by atoms with E-state index in [2.05, 4.69) is 10.3 Å². The van der Waals surface area contributed by atoms with Crippen LogP contribution < -0.4 is 15.0 Å². The van der Waals surface area contributed by atoms with Crippen LogP contribution in [0.2, 0.25) is 0 Å². The second-order valence-electron chi connectivity index (χ2n) is 7.60. The molecular formula is C24H22F3N3O2. The molecule has 0 aliphatic carbocycles. The van der Waals surface area contributed by atoms with Crippen molar-refractivity contribution in [2.45, 2.75) is 19.0 Å². The highest BCUT2D eigenvalue weighted by atomic mass is 19.4. The van der Waals surface area contributed by atoms with Gasteiger partial charge < -0.3 is 15.0 Å². The van der Waals surface area contributed by atoms with Crippen LogP contribution in [0.4, 0.5) is 24.5 Å². The molecule has 0 unspecified atom stereocenters. The number of carbonyl (C=O) groups excluding carboxylic acids is 1. The van der Waals surface area contributed by atoms with Gasteiger partial charge in [0.25, 0.3) is 0 Å². The first-order valence-electron chi connectivity index (χ1n) is 10.3. The molecule has 0 atom stereocenters. The summed E-state index contributed by atoms with van der Waals surface area (Å²) in [4.78, 5) is 18.7. The van der Waals surface area contributed by atoms with Gasteiger partial charge in [0.2, 0.25) is 11.8 Å². The summed E-state index contributed by atoms with van der Waals surface area (Å²) in [6.45, 7) is 1.03. The van der Waals surface area contributed by atoms with E-state index in [1.165, 1.54) is 12.3 Å². The van der Waals surface area contributed by atoms with Crippen LogP contribution in [0.25, 0.3) is 0 Å². The lowest BCUT2D eigenvalue weighted by Gasteiger charge is -2.33. The molecule has 1 aliphatic heterocycles. The molecule has 1 saturated heterocycles. The average molecular weight is 441 g/mol. The summed E-state index contributed by atoms with van der Waals surface area (Å²) in [6.07, 6.45) is -1.71. The molecule has 32 heavy (non-hydrogen) atoms. The summed E-state index contributed by atoms with van der Waals surface area (Å²) in [5.74, 6) is 0.762. The number of alkyl halides is 3. The molecule has 1 amide bonds. The number of hydrogen-bond acceptors (Lipinski definition) is 4. The van der Waals surface area contributed by atoms with E-state index in [0.29, 0.717) is 48.9 Å². The second-order valence-corrected chi connectivity index (χ2v) is 7.60. The van der Waals surface area contributed by atoms with E-state index in [4.69, 9.17) is 4.74 Å². The van der Waals surface area contributed by atoms with Crippen LogP contribution in [-0.4, -0.2) is 24.0 Å². The van der Waals surface area contributed by atoms with Gasteiger partial charge in [-0.25, -0.2) is 4.98 Å². The Balaban J connectivity index is 1.30. The van der Waals surface area contributed by atoms with E-state index in [0.717, 1.165) is 12.1 Å². The van der Waals surface area contributed by atoms with E-state index < -0.39 is 11.7 Å². The van der Waals surface area contributed by atoms with Crippen molar-refractivity contribution < 1.29 is 22.7 Å². The minimum absolute atomic E-state index is 0.118. The Morgan fingerprint density at radius 3 is 2.41 bits per heavy atom. The van der Waals surface area contributed by atoms with Gasteiger partial charge in [-0.15, -0.1) is 0 Å². The molecule has 0 spiro atoms. The monoisotopic (exact) mass is 441 g/mol. The minimum Gasteiger partial charge on any atom is -0.439 e. The maximum atomic E-state index is 13.0. The second kappa shape index (κ2) is 9.30. The summed E-state index contributed by atoms with van der Waals surface area (Å²) in [7, 11) is 0. The smallest absolute Gasteiger partial charge is 0.416 e. The first-order valence-corrected chi connectivity index (χ1v) is 10.3. The minimum atomic E-state index is -4.37. The fourth-order valence-electron chi connectivity index (χ4n) is 3.65. The van der Waals surface area contributed by atoms with Gasteiger partial charge in [0, 0.05) is 30.8 Å². The predicted molar refractivity (Wildman–Crippen MR) is 116 cm³/mol. The number of hydrogen-bond donors (Lipinski definition) is 1. The van der Waals surface area contributed by atoms with Crippen molar-refractivity contribution in [3.8, 4) is 11.6 Å². The number of anilines is 2. The van der Waals surface area contributed by atoms with Gasteiger partial charge in [0.05, 0.1) is 17.4 Å². The Morgan fingerprint density at radius 1 is 1.00 bits per heavy atom. The standard InChI is InChI=1S/C24H22F3N3O2/c25-24(26,27)18-5-4-6-20(15-18)30-13-11-17(12-14-30)23(31)29-19-9-10-22(28-16-19)32-21-7-2-1-3-8-21/h1-10,15-17H,11-14H2,(H,29,31). The summed E-state index contributed by atoms with van der Waals surface area (Å²) in [5, 5.41) is 2.86. The SMILES string of the molecule is O=C(Nc1ccc(Oc2ccccc2)nc1)C1CCN(c2cccc(C(F)(F)F)c2)CC1. The third-order valence-electron chi connectivity index (χ3n) is 5.37. The van der Waals surface area contributed by atoms with Crippen LogP contribution in [0.1, 0.15) is 18.4 Å². The molecule has 0 saturated carbocycles. The number of aromatic nitrogens is 1. The van der Waals surface area contributed by atoms with Crippen molar-refractivity contribution in [1.82, 2.24) is 4.98 Å². The third kappa shape index (κ3) is 5.38. The molecule has 1 aliphatic rings. The van der Waals surface area contributed by atoms with Crippen molar-refractivity contribution in [3.63, 3.8) is 0 Å². The Hall–Kier alpha value is -3.55. The molecule has 1 N–H and O–H groups in total. The topological polar surface area (TPSA) is 54.5 Å². The van der Waals surface area contributed by atoms with Crippen molar-refractivity contribution in [2.75, 3.05) is 23.3 Å². The fourth-order valence-corrected chi connectivity index (χ4v) is 3.65. The quantitative estimate of drug-likeness (QED) is 0.548. The average Bonchev–Trinajstić information content (AvgIpc) is 2.81. The molecule has 1 fully saturated rings. The largest absolute Gasteiger partial charge is 0.439 e. The van der Waals surface area contributed by atoms with Gasteiger partial charge in [-0.1, -0.05) is 24.3 Å². The predicted octanol–water partition coefficient (Wildman–Crippen LogP) is 5.75. The molecule has 166 valence electrons. The van der Waals surface area contributed by atoms with Gasteiger partial charge >= 0.3 is 6.18 Å². The summed E-state index contributed by atoms with van der Waals surface area (Å²) < 4.78 is 44.5. The fraction of sp³-hybridized carbons (Fsp3) is 0.250. The number of nitrogens with one attached hydrogen (secondary N) is 1. The number of halogens is 3. The van der Waals surface area contributed by atoms with Crippen LogP contribution in [0.3, 0.4) is 0 Å². The highest BCUT2D eigenvalue weighted by molar-refractivity contribution is 5.92. The van der Waals surface area contributed by atoms with Crippen molar-refractivity contribution in [1.29, 1.82) is 0 Å². The maximum absolute atomic E-state index is 13.0. The number of amides is 1. The zero-order chi connectivity index (χ0) is 22.6. The molecule has 5 nitrogen and oxygen atoms in total. The number of para-hydroxylation sites is 1. The van der Waals surface area contributed by atoms with E-state index in [1.807, 2.05) is 35.2 Å². The summed E-state index contributed by atoms with van der Waals surface area (Å²) >= 11 is 0. The molecule has 0 bridgehead atoms. The number of ether oxygens (including phenoxy) is 1. The highest BCUT2D eigenvalue weighted by Crippen LogP contribution is 2.33. The normalized spacial score (nSPS) is 14.8. The molecule has 2 aromatic carbocycles. The molecule has 0 radical (unpaired) electrons. The van der Waals surface area contributed by atoms with Crippen LogP contribution in [0.5, 0.6) is 11.6 Å². The zero-order valence-electron chi connectivity index (χ0n) is 17.2. The Morgan fingerprint density at radius 2 is 1.75 bits per heavy atom. The van der Waals surface area contributed by atoms with E-state index in [1.54, 1.807) is 18.2 Å². The Bertz CT molecular complexity index is 1050. The van der Waals surface area contributed by atoms with Crippen molar-refractivity contribution >= 4 is 17.3 Å². The van der Waals surface area contributed by atoms with Crippen molar-refractivity contribution in [2.24, 2.45) is 5.92 Å². The van der Waals surface area contributed by atoms with Gasteiger partial charge in [-0.3, -0.25) is 4.79 Å². The summed E-state index contributed by atoms with van der Waals surface area (Å²) in [6, 6.07) is 18.0. The Kier molecular flexibility index (Phi) is 6.30. The molecule has 1 aromatic heterocycles. The van der Waals surface area contributed by atoms with Gasteiger partial charge in [0.1, 0.15) is 5.75 Å². The molecule has 8 heteroatoms. The number of piperidine rings is 1. The van der Waals surface area contributed by atoms with Crippen LogP contribution in [0, 0.1) is 5.92 Å². The number of carbonyl (C=O) groups is 1. The first kappa shape index (κ1) is 21.7. The van der Waals surface area contributed by atoms with Gasteiger partial charge in [-0.2, -0.15) is 13.2 Å². The van der Waals surface area contributed by atoms with Gasteiger partial charge in [0.15, 0.2) is 0 Å². The molecule has 3 aromatic rings. The lowest BCUT2D eigenvalue weighted by atomic mass is 9.95. The zero-order valence-corrected chi connectivity index (χ0v) is 17.2. The molecular weight excluding hydrogens is 419 g/mol. The Labute approximate surface area is 183 Å². The number of rotatable bonds is 5. The van der Waals surface area contributed by atoms with Crippen LogP contribution >= 0.6 is 0 Å². The highest BCUT2D eigenvalue weighted by Gasteiger charge is 2.31. The van der Waals surface area contributed by atoms with E-state index in [9.17, 15) is 18.0 Å². The maximum Gasteiger partial charge on any atom is 0.416 e. The van der Waals surface area contributed by atoms with Gasteiger partial charge in [-0.05, 0) is 49.2 Å².